The highest BCUT2D eigenvalue weighted by atomic mass is 32.2. The van der Waals surface area contributed by atoms with Gasteiger partial charge < -0.3 is 10.6 Å². The molecular formula is C17H20N6OS2. The number of carbonyl (C=O) groups excluding carboxylic acids is 1. The van der Waals surface area contributed by atoms with Crippen LogP contribution >= 0.6 is 23.1 Å². The van der Waals surface area contributed by atoms with Crippen LogP contribution < -0.4 is 10.6 Å². The molecular weight excluding hydrogens is 368 g/mol. The number of anilines is 3. The van der Waals surface area contributed by atoms with E-state index < -0.39 is 0 Å². The van der Waals surface area contributed by atoms with Crippen LogP contribution in [0.4, 0.5) is 16.5 Å². The van der Waals surface area contributed by atoms with Gasteiger partial charge >= 0.3 is 0 Å². The summed E-state index contributed by atoms with van der Waals surface area (Å²) in [6.45, 7) is 5.85. The minimum Gasteiger partial charge on any atom is -0.330 e. The fourth-order valence-corrected chi connectivity index (χ4v) is 3.88. The van der Waals surface area contributed by atoms with Crippen molar-refractivity contribution in [2.75, 3.05) is 16.4 Å². The molecule has 1 aromatic carbocycles. The van der Waals surface area contributed by atoms with Crippen LogP contribution in [0.15, 0.2) is 28.6 Å². The van der Waals surface area contributed by atoms with Crippen LogP contribution in [0.25, 0.3) is 0 Å². The van der Waals surface area contributed by atoms with Gasteiger partial charge in [-0.05, 0) is 38.0 Å². The lowest BCUT2D eigenvalue weighted by molar-refractivity contribution is -0.113. The molecule has 3 N–H and O–H groups in total. The van der Waals surface area contributed by atoms with Crippen molar-refractivity contribution in [1.82, 2.24) is 20.4 Å². The van der Waals surface area contributed by atoms with Crippen molar-refractivity contribution in [3.8, 4) is 0 Å². The Morgan fingerprint density at radius 1 is 1.23 bits per heavy atom. The Morgan fingerprint density at radius 3 is 2.65 bits per heavy atom. The van der Waals surface area contributed by atoms with E-state index in [1.165, 1.54) is 28.7 Å². The minimum absolute atomic E-state index is 0.0949. The molecule has 0 aliphatic carbocycles. The van der Waals surface area contributed by atoms with Gasteiger partial charge in [0, 0.05) is 5.69 Å². The number of nitrogens with zero attached hydrogens (tertiary/aromatic N) is 3. The van der Waals surface area contributed by atoms with Crippen LogP contribution in [-0.2, 0) is 11.2 Å². The Kier molecular flexibility index (Phi) is 5.89. The lowest BCUT2D eigenvalue weighted by Gasteiger charge is -2.03. The normalized spacial score (nSPS) is 10.7. The quantitative estimate of drug-likeness (QED) is 0.531. The van der Waals surface area contributed by atoms with Gasteiger partial charge in [-0.25, -0.2) is 0 Å². The number of aryl methyl sites for hydroxylation is 3. The molecule has 0 saturated heterocycles. The molecule has 2 heterocycles. The second-order valence-corrected chi connectivity index (χ2v) is 7.89. The van der Waals surface area contributed by atoms with E-state index in [2.05, 4.69) is 50.1 Å². The molecule has 7 nitrogen and oxygen atoms in total. The van der Waals surface area contributed by atoms with Gasteiger partial charge in [0.1, 0.15) is 0 Å². The summed E-state index contributed by atoms with van der Waals surface area (Å²) in [5.41, 5.74) is 4.62. The molecule has 0 unspecified atom stereocenters. The van der Waals surface area contributed by atoms with Gasteiger partial charge in [0.05, 0.1) is 22.8 Å². The van der Waals surface area contributed by atoms with Gasteiger partial charge in [0.25, 0.3) is 0 Å². The Morgan fingerprint density at radius 2 is 2.00 bits per heavy atom. The van der Waals surface area contributed by atoms with Crippen molar-refractivity contribution in [3.63, 3.8) is 0 Å². The first kappa shape index (κ1) is 18.4. The molecule has 0 saturated carbocycles. The van der Waals surface area contributed by atoms with Crippen LogP contribution in [0.1, 0.15) is 23.9 Å². The summed E-state index contributed by atoms with van der Waals surface area (Å²) in [7, 11) is 0. The first-order valence-electron chi connectivity index (χ1n) is 8.19. The van der Waals surface area contributed by atoms with Crippen LogP contribution in [0, 0.1) is 13.8 Å². The molecule has 0 fully saturated rings. The fourth-order valence-electron chi connectivity index (χ4n) is 2.30. The smallest absolute Gasteiger partial charge is 0.234 e. The lowest BCUT2D eigenvalue weighted by atomic mass is 10.1. The fraction of sp³-hybridized carbons (Fsp3) is 0.294. The van der Waals surface area contributed by atoms with E-state index in [0.717, 1.165) is 33.5 Å². The van der Waals surface area contributed by atoms with E-state index in [-0.39, 0.29) is 11.7 Å². The van der Waals surface area contributed by atoms with E-state index in [0.29, 0.717) is 5.13 Å². The molecule has 0 atom stereocenters. The number of carbonyl (C=O) groups is 1. The third kappa shape index (κ3) is 4.61. The molecule has 26 heavy (non-hydrogen) atoms. The largest absolute Gasteiger partial charge is 0.330 e. The number of thioether (sulfide) groups is 1. The number of aromatic nitrogens is 4. The van der Waals surface area contributed by atoms with Gasteiger partial charge in [0.2, 0.25) is 11.0 Å². The summed E-state index contributed by atoms with van der Waals surface area (Å²) in [5, 5.41) is 22.0. The van der Waals surface area contributed by atoms with Gasteiger partial charge in [0.15, 0.2) is 4.34 Å². The van der Waals surface area contributed by atoms with E-state index in [1.54, 1.807) is 0 Å². The van der Waals surface area contributed by atoms with Crippen molar-refractivity contribution in [2.24, 2.45) is 0 Å². The second-order valence-electron chi connectivity index (χ2n) is 5.69. The highest BCUT2D eigenvalue weighted by molar-refractivity contribution is 8.01. The predicted octanol–water partition coefficient (Wildman–Crippen LogP) is 3.91. The molecule has 3 rings (SSSR count). The highest BCUT2D eigenvalue weighted by Gasteiger charge is 2.12. The maximum Gasteiger partial charge on any atom is 0.234 e. The number of nitrogens with one attached hydrogen (secondary N) is 3. The first-order chi connectivity index (χ1) is 12.5. The third-order valence-corrected chi connectivity index (χ3v) is 5.71. The van der Waals surface area contributed by atoms with Gasteiger partial charge in [-0.2, -0.15) is 5.10 Å². The summed E-state index contributed by atoms with van der Waals surface area (Å²) in [6.07, 6.45) is 1.01. The van der Waals surface area contributed by atoms with Crippen molar-refractivity contribution in [1.29, 1.82) is 0 Å². The van der Waals surface area contributed by atoms with E-state index in [4.69, 9.17) is 0 Å². The summed E-state index contributed by atoms with van der Waals surface area (Å²) < 4.78 is 0.744. The standard InChI is InChI=1S/C17H20N6OS2/c1-4-12-5-7-13(8-6-12)18-16-22-23-17(26-16)25-9-14(24)19-15-10(2)20-21-11(15)3/h5-8H,4,9H2,1-3H3,(H,18,22)(H,19,24)(H,20,21). The zero-order valence-corrected chi connectivity index (χ0v) is 16.4. The van der Waals surface area contributed by atoms with Gasteiger partial charge in [-0.3, -0.25) is 9.89 Å². The maximum absolute atomic E-state index is 12.1. The second kappa shape index (κ2) is 8.33. The number of amides is 1. The number of hydrogen-bond donors (Lipinski definition) is 3. The van der Waals surface area contributed by atoms with Crippen molar-refractivity contribution in [2.45, 2.75) is 31.5 Å². The topological polar surface area (TPSA) is 95.6 Å². The third-order valence-electron chi connectivity index (χ3n) is 3.74. The molecule has 1 amide bonds. The summed E-state index contributed by atoms with van der Waals surface area (Å²) >= 11 is 2.79. The number of benzene rings is 1. The number of aromatic amines is 1. The number of hydrogen-bond acceptors (Lipinski definition) is 7. The van der Waals surface area contributed by atoms with Crippen LogP contribution in [0.2, 0.25) is 0 Å². The van der Waals surface area contributed by atoms with Crippen LogP contribution in [0.3, 0.4) is 0 Å². The average molecular weight is 389 g/mol. The first-order valence-corrected chi connectivity index (χ1v) is 9.99. The predicted molar refractivity (Wildman–Crippen MR) is 106 cm³/mol. The molecule has 3 aromatic rings. The van der Waals surface area contributed by atoms with Gasteiger partial charge in [-0.1, -0.05) is 42.2 Å². The molecule has 0 spiro atoms. The van der Waals surface area contributed by atoms with E-state index >= 15 is 0 Å². The summed E-state index contributed by atoms with van der Waals surface area (Å²) in [6, 6.07) is 8.22. The Labute approximate surface area is 160 Å². The minimum atomic E-state index is -0.0949. The highest BCUT2D eigenvalue weighted by Crippen LogP contribution is 2.28. The summed E-state index contributed by atoms with van der Waals surface area (Å²) in [4.78, 5) is 12.1. The Balaban J connectivity index is 1.52. The molecule has 0 aliphatic rings. The molecule has 0 radical (unpaired) electrons. The Bertz CT molecular complexity index is 868. The SMILES string of the molecule is CCc1ccc(Nc2nnc(SCC(=O)Nc3c(C)n[nH]c3C)s2)cc1. The van der Waals surface area contributed by atoms with Crippen LogP contribution in [0.5, 0.6) is 0 Å². The molecule has 9 heteroatoms. The Hall–Kier alpha value is -2.39. The number of rotatable bonds is 7. The van der Waals surface area contributed by atoms with Crippen molar-refractivity contribution >= 4 is 45.5 Å². The monoisotopic (exact) mass is 388 g/mol. The molecule has 0 bridgehead atoms. The zero-order valence-electron chi connectivity index (χ0n) is 14.8. The zero-order chi connectivity index (χ0) is 18.5. The van der Waals surface area contributed by atoms with Crippen molar-refractivity contribution in [3.05, 3.63) is 41.2 Å². The molecule has 2 aromatic heterocycles. The maximum atomic E-state index is 12.1. The molecule has 136 valence electrons. The van der Waals surface area contributed by atoms with E-state index in [9.17, 15) is 4.79 Å². The average Bonchev–Trinajstić information content (AvgIpc) is 3.22. The van der Waals surface area contributed by atoms with Crippen molar-refractivity contribution < 1.29 is 4.79 Å². The van der Waals surface area contributed by atoms with E-state index in [1.807, 2.05) is 26.0 Å². The lowest BCUT2D eigenvalue weighted by Crippen LogP contribution is -2.14. The molecule has 0 aliphatic heterocycles. The van der Waals surface area contributed by atoms with Crippen LogP contribution in [-0.4, -0.2) is 32.1 Å². The number of H-pyrrole nitrogens is 1. The van der Waals surface area contributed by atoms with Gasteiger partial charge in [-0.15, -0.1) is 10.2 Å². The summed E-state index contributed by atoms with van der Waals surface area (Å²) in [5.74, 6) is 0.173.